The third-order valence-electron chi connectivity index (χ3n) is 3.50. The molecule has 3 nitrogen and oxygen atoms in total. The van der Waals surface area contributed by atoms with Crippen LogP contribution in [0.1, 0.15) is 47.0 Å². The van der Waals surface area contributed by atoms with Gasteiger partial charge in [0.15, 0.2) is 5.60 Å². The van der Waals surface area contributed by atoms with Gasteiger partial charge in [-0.05, 0) is 39.0 Å². The van der Waals surface area contributed by atoms with E-state index in [9.17, 15) is 9.90 Å². The van der Waals surface area contributed by atoms with Crippen molar-refractivity contribution in [2.75, 3.05) is 0 Å². The highest BCUT2D eigenvalue weighted by Crippen LogP contribution is 2.42. The molecule has 3 heteroatoms. The Balaban J connectivity index is 2.87. The smallest absolute Gasteiger partial charge is 0.339 e. The summed E-state index contributed by atoms with van der Waals surface area (Å²) in [6, 6.07) is 0. The van der Waals surface area contributed by atoms with Gasteiger partial charge in [0, 0.05) is 5.92 Å². The van der Waals surface area contributed by atoms with Crippen molar-refractivity contribution in [2.24, 2.45) is 11.8 Å². The van der Waals surface area contributed by atoms with Crippen molar-refractivity contribution in [3.8, 4) is 0 Å². The van der Waals surface area contributed by atoms with Gasteiger partial charge in [-0.3, -0.25) is 0 Å². The molecule has 1 fully saturated rings. The minimum Gasteiger partial charge on any atom is -0.461 e. The summed E-state index contributed by atoms with van der Waals surface area (Å²) in [5, 5.41) is 10.6. The molecule has 0 amide bonds. The Morgan fingerprint density at radius 3 is 2.71 bits per heavy atom. The highest BCUT2D eigenvalue weighted by molar-refractivity contribution is 5.81. The topological polar surface area (TPSA) is 46.5 Å². The maximum atomic E-state index is 12.1. The molecule has 17 heavy (non-hydrogen) atoms. The van der Waals surface area contributed by atoms with Crippen LogP contribution < -0.4 is 0 Å². The van der Waals surface area contributed by atoms with Gasteiger partial charge in [0.05, 0.1) is 6.10 Å². The van der Waals surface area contributed by atoms with E-state index in [4.69, 9.17) is 4.74 Å². The molecule has 0 saturated heterocycles. The summed E-state index contributed by atoms with van der Waals surface area (Å²) in [6.45, 7) is 7.57. The van der Waals surface area contributed by atoms with Crippen molar-refractivity contribution in [1.82, 2.24) is 0 Å². The molecule has 0 unspecified atom stereocenters. The Labute approximate surface area is 104 Å². The quantitative estimate of drug-likeness (QED) is 0.607. The van der Waals surface area contributed by atoms with E-state index < -0.39 is 11.6 Å². The molecular weight excluding hydrogens is 216 g/mol. The van der Waals surface area contributed by atoms with E-state index in [-0.39, 0.29) is 17.9 Å². The van der Waals surface area contributed by atoms with Crippen molar-refractivity contribution in [2.45, 2.75) is 58.7 Å². The lowest BCUT2D eigenvalue weighted by molar-refractivity contribution is -0.176. The molecule has 1 rings (SSSR count). The van der Waals surface area contributed by atoms with Gasteiger partial charge in [0.2, 0.25) is 0 Å². The number of hydrogen-bond acceptors (Lipinski definition) is 3. The Bertz CT molecular complexity index is 296. The van der Waals surface area contributed by atoms with E-state index in [1.54, 1.807) is 13.8 Å². The maximum Gasteiger partial charge on any atom is 0.339 e. The number of hydrogen-bond donors (Lipinski definition) is 1. The van der Waals surface area contributed by atoms with Crippen LogP contribution in [0.5, 0.6) is 0 Å². The van der Waals surface area contributed by atoms with Crippen molar-refractivity contribution >= 4 is 5.97 Å². The second-order valence-electron chi connectivity index (χ2n) is 5.20. The molecule has 0 radical (unpaired) electrons. The molecule has 3 atom stereocenters. The summed E-state index contributed by atoms with van der Waals surface area (Å²) in [4.78, 5) is 12.1. The van der Waals surface area contributed by atoms with E-state index in [1.165, 1.54) is 0 Å². The van der Waals surface area contributed by atoms with Crippen LogP contribution in [0.15, 0.2) is 12.2 Å². The Morgan fingerprint density at radius 1 is 1.53 bits per heavy atom. The van der Waals surface area contributed by atoms with Crippen LogP contribution in [0.2, 0.25) is 0 Å². The van der Waals surface area contributed by atoms with E-state index in [2.05, 4.69) is 0 Å². The minimum atomic E-state index is -1.34. The van der Waals surface area contributed by atoms with Crippen LogP contribution in [0, 0.1) is 11.8 Å². The molecule has 1 aliphatic rings. The number of carbonyl (C=O) groups excluding carboxylic acids is 1. The number of esters is 1. The second-order valence-corrected chi connectivity index (χ2v) is 5.20. The molecule has 1 saturated carbocycles. The van der Waals surface area contributed by atoms with Gasteiger partial charge in [0.1, 0.15) is 0 Å². The van der Waals surface area contributed by atoms with E-state index in [0.29, 0.717) is 0 Å². The fraction of sp³-hybridized carbons (Fsp3) is 0.786. The SMILES string of the molecule is CC/C=C/[C@H]1CC[C@@H](C)[C@]1(O)C(=O)OC(C)C. The molecule has 0 aromatic rings. The van der Waals surface area contributed by atoms with Crippen LogP contribution in [-0.2, 0) is 9.53 Å². The monoisotopic (exact) mass is 240 g/mol. The summed E-state index contributed by atoms with van der Waals surface area (Å²) in [7, 11) is 0. The second kappa shape index (κ2) is 5.67. The highest BCUT2D eigenvalue weighted by Gasteiger charge is 2.52. The zero-order valence-electron chi connectivity index (χ0n) is 11.3. The summed E-state index contributed by atoms with van der Waals surface area (Å²) in [5.41, 5.74) is -1.34. The molecule has 1 N–H and O–H groups in total. The van der Waals surface area contributed by atoms with Crippen LogP contribution in [0.25, 0.3) is 0 Å². The third-order valence-corrected chi connectivity index (χ3v) is 3.50. The van der Waals surface area contributed by atoms with Crippen molar-refractivity contribution in [3.05, 3.63) is 12.2 Å². The standard InChI is InChI=1S/C14H24O3/c1-5-6-7-12-9-8-11(4)14(12,16)13(15)17-10(2)3/h6-7,10-12,16H,5,8-9H2,1-4H3/b7-6+/t11-,12+,14-/m1/s1. The van der Waals surface area contributed by atoms with Gasteiger partial charge < -0.3 is 9.84 Å². The molecule has 0 aromatic heterocycles. The average molecular weight is 240 g/mol. The zero-order chi connectivity index (χ0) is 13.1. The van der Waals surface area contributed by atoms with Crippen molar-refractivity contribution in [1.29, 1.82) is 0 Å². The van der Waals surface area contributed by atoms with Crippen molar-refractivity contribution in [3.63, 3.8) is 0 Å². The van der Waals surface area contributed by atoms with Crippen LogP contribution in [0.3, 0.4) is 0 Å². The Kier molecular flexibility index (Phi) is 4.75. The van der Waals surface area contributed by atoms with Gasteiger partial charge in [0.25, 0.3) is 0 Å². The van der Waals surface area contributed by atoms with Crippen molar-refractivity contribution < 1.29 is 14.6 Å². The first-order valence-electron chi connectivity index (χ1n) is 6.53. The third kappa shape index (κ3) is 2.89. The predicted octanol–water partition coefficient (Wildman–Crippen LogP) is 2.68. The lowest BCUT2D eigenvalue weighted by Crippen LogP contribution is -2.48. The maximum absolute atomic E-state index is 12.1. The average Bonchev–Trinajstić information content (AvgIpc) is 2.53. The summed E-state index contributed by atoms with van der Waals surface area (Å²) in [6.07, 6.45) is 6.42. The van der Waals surface area contributed by atoms with Gasteiger partial charge in [-0.2, -0.15) is 0 Å². The predicted molar refractivity (Wildman–Crippen MR) is 67.5 cm³/mol. The van der Waals surface area contributed by atoms with E-state index in [1.807, 2.05) is 26.0 Å². The molecule has 0 aromatic carbocycles. The first kappa shape index (κ1) is 14.2. The fourth-order valence-electron chi connectivity index (χ4n) is 2.44. The lowest BCUT2D eigenvalue weighted by Gasteiger charge is -2.30. The normalized spacial score (nSPS) is 33.5. The van der Waals surface area contributed by atoms with Gasteiger partial charge >= 0.3 is 5.97 Å². The van der Waals surface area contributed by atoms with E-state index in [0.717, 1.165) is 19.3 Å². The molecule has 98 valence electrons. The Morgan fingerprint density at radius 2 is 2.18 bits per heavy atom. The van der Waals surface area contributed by atoms with Crippen LogP contribution in [0.4, 0.5) is 0 Å². The first-order valence-corrected chi connectivity index (χ1v) is 6.53. The van der Waals surface area contributed by atoms with Gasteiger partial charge in [-0.15, -0.1) is 0 Å². The first-order chi connectivity index (χ1) is 7.92. The number of rotatable bonds is 4. The summed E-state index contributed by atoms with van der Waals surface area (Å²) >= 11 is 0. The minimum absolute atomic E-state index is 0.0414. The number of aliphatic hydroxyl groups is 1. The van der Waals surface area contributed by atoms with Gasteiger partial charge in [-0.25, -0.2) is 4.79 Å². The van der Waals surface area contributed by atoms with Crippen LogP contribution in [-0.4, -0.2) is 22.8 Å². The number of allylic oxidation sites excluding steroid dienone is 1. The van der Waals surface area contributed by atoms with E-state index >= 15 is 0 Å². The summed E-state index contributed by atoms with van der Waals surface area (Å²) in [5.74, 6) is -0.618. The zero-order valence-corrected chi connectivity index (χ0v) is 11.3. The van der Waals surface area contributed by atoms with Gasteiger partial charge in [-0.1, -0.05) is 26.0 Å². The number of carbonyl (C=O) groups is 1. The fourth-order valence-corrected chi connectivity index (χ4v) is 2.44. The molecular formula is C14H24O3. The number of ether oxygens (including phenoxy) is 1. The molecule has 0 spiro atoms. The highest BCUT2D eigenvalue weighted by atomic mass is 16.6. The molecule has 0 heterocycles. The molecule has 0 bridgehead atoms. The van der Waals surface area contributed by atoms with Crippen LogP contribution >= 0.6 is 0 Å². The lowest BCUT2D eigenvalue weighted by atomic mass is 9.84. The molecule has 1 aliphatic carbocycles. The largest absolute Gasteiger partial charge is 0.461 e. The summed E-state index contributed by atoms with van der Waals surface area (Å²) < 4.78 is 5.19. The Hall–Kier alpha value is -0.830. The molecule has 0 aliphatic heterocycles.